The van der Waals surface area contributed by atoms with E-state index in [1.54, 1.807) is 0 Å². The van der Waals surface area contributed by atoms with Crippen molar-refractivity contribution < 1.29 is 4.42 Å². The molecule has 1 aromatic heterocycles. The molecule has 0 aliphatic heterocycles. The fourth-order valence-corrected chi connectivity index (χ4v) is 9.77. The van der Waals surface area contributed by atoms with Crippen LogP contribution in [-0.4, -0.2) is 0 Å². The van der Waals surface area contributed by atoms with E-state index in [9.17, 15) is 0 Å². The predicted octanol–water partition coefficient (Wildman–Crippen LogP) is 16.9. The molecule has 0 radical (unpaired) electrons. The van der Waals surface area contributed by atoms with E-state index in [1.807, 2.05) is 12.1 Å². The average molecular weight is 772 g/mol. The third-order valence-corrected chi connectivity index (χ3v) is 12.7. The Kier molecular flexibility index (Phi) is 9.32. The molecule has 0 unspecified atom stereocenters. The monoisotopic (exact) mass is 771 g/mol. The van der Waals surface area contributed by atoms with Gasteiger partial charge in [-0.3, -0.25) is 0 Å². The molecule has 1 aliphatic carbocycles. The Balaban J connectivity index is 1.11. The minimum atomic E-state index is 0.577. The lowest BCUT2D eigenvalue weighted by Crippen LogP contribution is -2.13. The molecule has 10 aromatic rings. The van der Waals surface area contributed by atoms with Gasteiger partial charge in [0, 0.05) is 27.6 Å². The van der Waals surface area contributed by atoms with E-state index in [1.165, 1.54) is 81.8 Å². The van der Waals surface area contributed by atoms with Crippen molar-refractivity contribution in [2.75, 3.05) is 4.90 Å². The van der Waals surface area contributed by atoms with Crippen LogP contribution in [-0.2, 0) is 0 Å². The van der Waals surface area contributed by atoms with E-state index >= 15 is 0 Å². The van der Waals surface area contributed by atoms with Crippen LogP contribution in [0.2, 0.25) is 0 Å². The highest BCUT2D eigenvalue weighted by Crippen LogP contribution is 2.48. The fraction of sp³-hybridized carbons (Fsp3) is 0.103. The van der Waals surface area contributed by atoms with Gasteiger partial charge < -0.3 is 9.32 Å². The number of hydrogen-bond donors (Lipinski definition) is 0. The van der Waals surface area contributed by atoms with Crippen molar-refractivity contribution in [3.05, 3.63) is 212 Å². The number of rotatable bonds is 8. The van der Waals surface area contributed by atoms with Crippen LogP contribution in [0.25, 0.3) is 77.2 Å². The molecule has 2 heteroatoms. The molecule has 1 aliphatic rings. The number of anilines is 3. The van der Waals surface area contributed by atoms with Crippen LogP contribution in [0.4, 0.5) is 17.1 Å². The van der Waals surface area contributed by atoms with Gasteiger partial charge in [-0.1, -0.05) is 183 Å². The first-order chi connectivity index (χ1) is 29.8. The lowest BCUT2D eigenvalue weighted by molar-refractivity contribution is 0.445. The largest absolute Gasteiger partial charge is 0.456 e. The molecule has 1 saturated carbocycles. The summed E-state index contributed by atoms with van der Waals surface area (Å²) in [6.45, 7) is 0. The van der Waals surface area contributed by atoms with Gasteiger partial charge in [-0.15, -0.1) is 0 Å². The smallest absolute Gasteiger partial charge is 0.135 e. The molecule has 0 bridgehead atoms. The van der Waals surface area contributed by atoms with Crippen molar-refractivity contribution in [1.29, 1.82) is 0 Å². The highest BCUT2D eigenvalue weighted by Gasteiger charge is 2.24. The van der Waals surface area contributed by atoms with Crippen molar-refractivity contribution in [3.8, 4) is 44.5 Å². The van der Waals surface area contributed by atoms with Gasteiger partial charge in [0.1, 0.15) is 11.2 Å². The lowest BCUT2D eigenvalue weighted by atomic mass is 9.80. The molecule has 0 spiro atoms. The van der Waals surface area contributed by atoms with Crippen LogP contribution in [0.3, 0.4) is 0 Å². The highest BCUT2D eigenvalue weighted by molar-refractivity contribution is 6.07. The number of benzene rings is 9. The summed E-state index contributed by atoms with van der Waals surface area (Å²) < 4.78 is 6.23. The maximum absolute atomic E-state index is 6.23. The molecule has 1 fully saturated rings. The third kappa shape index (κ3) is 6.55. The number of fused-ring (bicyclic) bond motifs is 4. The zero-order valence-corrected chi connectivity index (χ0v) is 33.6. The zero-order valence-electron chi connectivity index (χ0n) is 33.6. The summed E-state index contributed by atoms with van der Waals surface area (Å²) in [5, 5.41) is 4.96. The molecular formula is C58H45NO. The van der Waals surface area contributed by atoms with E-state index in [4.69, 9.17) is 4.42 Å². The van der Waals surface area contributed by atoms with Gasteiger partial charge in [0.05, 0.1) is 11.4 Å². The Bertz CT molecular complexity index is 3130. The standard InChI is InChI=1S/C58H45NO/c1-3-16-40(17-4-1)41-32-34-43(35-33-41)48-24-7-10-29-54(48)59(47-23-13-22-45(38-47)46-36-37-57-53(39-46)51-26-9-12-31-56(51)60-57)55-30-11-8-25-50(55)52-28-15-21-44-20-14-27-49(58(44)52)42-18-5-2-6-19-42/h1,3-4,7-17,20-39,42H,2,5-6,18-19H2. The third-order valence-electron chi connectivity index (χ3n) is 12.7. The SMILES string of the molecule is c1ccc(-c2ccc(-c3ccccc3N(c3cccc(-c4ccc5oc6ccccc6c5c4)c3)c3ccccc3-c3cccc4cccc(C5CCCCC5)c34)cc2)cc1. The first kappa shape index (κ1) is 36.0. The Morgan fingerprint density at radius 1 is 0.383 bits per heavy atom. The van der Waals surface area contributed by atoms with E-state index in [2.05, 4.69) is 199 Å². The Labute approximate surface area is 352 Å². The molecule has 60 heavy (non-hydrogen) atoms. The second-order valence-electron chi connectivity index (χ2n) is 16.3. The highest BCUT2D eigenvalue weighted by atomic mass is 16.3. The van der Waals surface area contributed by atoms with E-state index < -0.39 is 0 Å². The van der Waals surface area contributed by atoms with E-state index in [0.717, 1.165) is 50.1 Å². The summed E-state index contributed by atoms with van der Waals surface area (Å²) in [4.78, 5) is 2.49. The summed E-state index contributed by atoms with van der Waals surface area (Å²) in [6, 6.07) is 75.4. The lowest BCUT2D eigenvalue weighted by Gasteiger charge is -2.31. The molecule has 0 amide bonds. The Morgan fingerprint density at radius 2 is 0.967 bits per heavy atom. The minimum absolute atomic E-state index is 0.577. The normalized spacial score (nSPS) is 13.3. The average Bonchev–Trinajstić information content (AvgIpc) is 3.70. The Morgan fingerprint density at radius 3 is 1.80 bits per heavy atom. The molecule has 0 atom stereocenters. The molecule has 11 rings (SSSR count). The number of nitrogens with zero attached hydrogens (tertiary/aromatic N) is 1. The maximum atomic E-state index is 6.23. The van der Waals surface area contributed by atoms with Gasteiger partial charge in [-0.05, 0) is 111 Å². The van der Waals surface area contributed by atoms with Crippen LogP contribution < -0.4 is 4.90 Å². The fourth-order valence-electron chi connectivity index (χ4n) is 9.77. The molecular weight excluding hydrogens is 727 g/mol. The van der Waals surface area contributed by atoms with Crippen LogP contribution in [0.15, 0.2) is 211 Å². The molecule has 0 saturated heterocycles. The first-order valence-corrected chi connectivity index (χ1v) is 21.4. The van der Waals surface area contributed by atoms with Crippen LogP contribution >= 0.6 is 0 Å². The van der Waals surface area contributed by atoms with Gasteiger partial charge >= 0.3 is 0 Å². The number of hydrogen-bond acceptors (Lipinski definition) is 2. The second-order valence-corrected chi connectivity index (χ2v) is 16.3. The first-order valence-electron chi connectivity index (χ1n) is 21.4. The van der Waals surface area contributed by atoms with Gasteiger partial charge in [-0.2, -0.15) is 0 Å². The van der Waals surface area contributed by atoms with Gasteiger partial charge in [0.15, 0.2) is 0 Å². The molecule has 0 N–H and O–H groups in total. The zero-order chi connectivity index (χ0) is 39.8. The van der Waals surface area contributed by atoms with Crippen molar-refractivity contribution in [1.82, 2.24) is 0 Å². The van der Waals surface area contributed by atoms with Crippen molar-refractivity contribution in [2.45, 2.75) is 38.0 Å². The Hall–Kier alpha value is -7.16. The topological polar surface area (TPSA) is 16.4 Å². The van der Waals surface area contributed by atoms with Crippen molar-refractivity contribution in [3.63, 3.8) is 0 Å². The van der Waals surface area contributed by atoms with E-state index in [-0.39, 0.29) is 0 Å². The molecule has 2 nitrogen and oxygen atoms in total. The minimum Gasteiger partial charge on any atom is -0.456 e. The summed E-state index contributed by atoms with van der Waals surface area (Å²) in [7, 11) is 0. The summed E-state index contributed by atoms with van der Waals surface area (Å²) >= 11 is 0. The number of furan rings is 1. The molecule has 9 aromatic carbocycles. The maximum Gasteiger partial charge on any atom is 0.135 e. The van der Waals surface area contributed by atoms with Crippen molar-refractivity contribution in [2.24, 2.45) is 0 Å². The second kappa shape index (κ2) is 15.5. The van der Waals surface area contributed by atoms with Gasteiger partial charge in [0.25, 0.3) is 0 Å². The van der Waals surface area contributed by atoms with Crippen LogP contribution in [0.1, 0.15) is 43.6 Å². The predicted molar refractivity (Wildman–Crippen MR) is 253 cm³/mol. The molecule has 1 heterocycles. The number of para-hydroxylation sites is 3. The summed E-state index contributed by atoms with van der Waals surface area (Å²) in [6.07, 6.45) is 6.45. The molecule has 288 valence electrons. The summed E-state index contributed by atoms with van der Waals surface area (Å²) in [5.74, 6) is 0.577. The van der Waals surface area contributed by atoms with Crippen molar-refractivity contribution >= 4 is 49.8 Å². The summed E-state index contributed by atoms with van der Waals surface area (Å²) in [5.41, 5.74) is 16.2. The van der Waals surface area contributed by atoms with Crippen LogP contribution in [0, 0.1) is 0 Å². The van der Waals surface area contributed by atoms with Gasteiger partial charge in [0.2, 0.25) is 0 Å². The van der Waals surface area contributed by atoms with Gasteiger partial charge in [-0.25, -0.2) is 0 Å². The van der Waals surface area contributed by atoms with Crippen LogP contribution in [0.5, 0.6) is 0 Å². The quantitative estimate of drug-likeness (QED) is 0.153. The van der Waals surface area contributed by atoms with E-state index in [0.29, 0.717) is 5.92 Å².